The summed E-state index contributed by atoms with van der Waals surface area (Å²) in [6.45, 7) is 6.21. The van der Waals surface area contributed by atoms with Gasteiger partial charge in [-0.3, -0.25) is 4.79 Å². The predicted molar refractivity (Wildman–Crippen MR) is 85.0 cm³/mol. The van der Waals surface area contributed by atoms with Gasteiger partial charge in [0.25, 0.3) is 5.91 Å². The van der Waals surface area contributed by atoms with Gasteiger partial charge in [-0.25, -0.2) is 0 Å². The molecule has 1 amide bonds. The van der Waals surface area contributed by atoms with Crippen molar-refractivity contribution < 1.29 is 4.79 Å². The number of anilines is 1. The molecule has 4 heteroatoms. The van der Waals surface area contributed by atoms with Gasteiger partial charge < -0.3 is 10.2 Å². The molecule has 2 heterocycles. The number of rotatable bonds is 3. The Morgan fingerprint density at radius 1 is 1.30 bits per heavy atom. The lowest BCUT2D eigenvalue weighted by molar-refractivity contribution is 0.0946. The first-order valence-corrected chi connectivity index (χ1v) is 8.71. The summed E-state index contributed by atoms with van der Waals surface area (Å²) in [4.78, 5) is 15.9. The Labute approximate surface area is 125 Å². The van der Waals surface area contributed by atoms with E-state index in [9.17, 15) is 4.79 Å². The summed E-state index contributed by atoms with van der Waals surface area (Å²) in [6.07, 6.45) is 7.70. The standard InChI is InChI=1S/C16H24N2OS/c1-3-18(12-7-5-4-6-8-12)16-11(2)14-13(20-16)9-10-17-15(14)19/h12H,3-10H2,1-2H3,(H,17,19). The molecular weight excluding hydrogens is 268 g/mol. The van der Waals surface area contributed by atoms with Gasteiger partial charge in [0.2, 0.25) is 0 Å². The smallest absolute Gasteiger partial charge is 0.252 e. The van der Waals surface area contributed by atoms with Gasteiger partial charge in [0.15, 0.2) is 0 Å². The van der Waals surface area contributed by atoms with Crippen LogP contribution in [0.5, 0.6) is 0 Å². The maximum atomic E-state index is 12.1. The topological polar surface area (TPSA) is 32.3 Å². The van der Waals surface area contributed by atoms with Gasteiger partial charge in [-0.1, -0.05) is 19.3 Å². The lowest BCUT2D eigenvalue weighted by atomic mass is 9.94. The molecule has 1 fully saturated rings. The van der Waals surface area contributed by atoms with Gasteiger partial charge in [-0.2, -0.15) is 0 Å². The second kappa shape index (κ2) is 5.76. The lowest BCUT2D eigenvalue weighted by Gasteiger charge is -2.35. The molecule has 3 nitrogen and oxygen atoms in total. The summed E-state index contributed by atoms with van der Waals surface area (Å²) >= 11 is 1.86. The van der Waals surface area contributed by atoms with Crippen LogP contribution in [-0.2, 0) is 6.42 Å². The van der Waals surface area contributed by atoms with Crippen molar-refractivity contribution in [1.82, 2.24) is 5.32 Å². The number of carbonyl (C=O) groups is 1. The van der Waals surface area contributed by atoms with Crippen molar-refractivity contribution in [2.45, 2.75) is 58.4 Å². The van der Waals surface area contributed by atoms with Crippen molar-refractivity contribution >= 4 is 22.2 Å². The first-order valence-electron chi connectivity index (χ1n) is 7.89. The minimum Gasteiger partial charge on any atom is -0.361 e. The van der Waals surface area contributed by atoms with Gasteiger partial charge in [-0.15, -0.1) is 11.3 Å². The Morgan fingerprint density at radius 2 is 2.05 bits per heavy atom. The van der Waals surface area contributed by atoms with E-state index in [-0.39, 0.29) is 5.91 Å². The third-order valence-corrected chi connectivity index (χ3v) is 6.06. The highest BCUT2D eigenvalue weighted by molar-refractivity contribution is 7.16. The summed E-state index contributed by atoms with van der Waals surface area (Å²) in [7, 11) is 0. The molecule has 0 spiro atoms. The normalized spacial score (nSPS) is 19.6. The Morgan fingerprint density at radius 3 is 2.70 bits per heavy atom. The number of fused-ring (bicyclic) bond motifs is 1. The van der Waals surface area contributed by atoms with Crippen molar-refractivity contribution in [3.05, 3.63) is 16.0 Å². The Bertz CT molecular complexity index is 503. The van der Waals surface area contributed by atoms with Crippen LogP contribution in [0.3, 0.4) is 0 Å². The van der Waals surface area contributed by atoms with E-state index in [1.54, 1.807) is 0 Å². The molecule has 0 atom stereocenters. The molecule has 1 aliphatic carbocycles. The zero-order valence-corrected chi connectivity index (χ0v) is 13.3. The van der Waals surface area contributed by atoms with E-state index in [0.29, 0.717) is 6.04 Å². The third-order valence-electron chi connectivity index (χ3n) is 4.68. The molecule has 0 unspecified atom stereocenters. The molecule has 20 heavy (non-hydrogen) atoms. The van der Waals surface area contributed by atoms with E-state index in [2.05, 4.69) is 24.1 Å². The van der Waals surface area contributed by atoms with Crippen molar-refractivity contribution in [3.8, 4) is 0 Å². The number of nitrogens with one attached hydrogen (secondary N) is 1. The second-order valence-corrected chi connectivity index (χ2v) is 7.00. The number of thiophene rings is 1. The fourth-order valence-corrected chi connectivity index (χ4v) is 5.08. The molecule has 0 bridgehead atoms. The zero-order chi connectivity index (χ0) is 14.1. The number of hydrogen-bond donors (Lipinski definition) is 1. The molecule has 110 valence electrons. The quantitative estimate of drug-likeness (QED) is 0.924. The maximum Gasteiger partial charge on any atom is 0.252 e. The highest BCUT2D eigenvalue weighted by Gasteiger charge is 2.29. The van der Waals surface area contributed by atoms with Crippen LogP contribution in [0.2, 0.25) is 0 Å². The monoisotopic (exact) mass is 292 g/mol. The fraction of sp³-hybridized carbons (Fsp3) is 0.688. The lowest BCUT2D eigenvalue weighted by Crippen LogP contribution is -2.36. The van der Waals surface area contributed by atoms with Crippen LogP contribution in [0.25, 0.3) is 0 Å². The Hall–Kier alpha value is -1.03. The first kappa shape index (κ1) is 13.9. The average molecular weight is 292 g/mol. The van der Waals surface area contributed by atoms with Gasteiger partial charge in [0.05, 0.1) is 10.6 Å². The highest BCUT2D eigenvalue weighted by atomic mass is 32.1. The van der Waals surface area contributed by atoms with Crippen molar-refractivity contribution in [1.29, 1.82) is 0 Å². The van der Waals surface area contributed by atoms with Crippen LogP contribution in [0.4, 0.5) is 5.00 Å². The van der Waals surface area contributed by atoms with Crippen LogP contribution in [-0.4, -0.2) is 25.0 Å². The summed E-state index contributed by atoms with van der Waals surface area (Å²) in [5.74, 6) is 0.131. The van der Waals surface area contributed by atoms with E-state index in [4.69, 9.17) is 0 Å². The van der Waals surface area contributed by atoms with E-state index >= 15 is 0 Å². The highest BCUT2D eigenvalue weighted by Crippen LogP contribution is 2.39. The molecule has 0 radical (unpaired) electrons. The minimum atomic E-state index is 0.131. The van der Waals surface area contributed by atoms with E-state index in [0.717, 1.165) is 25.1 Å². The largest absolute Gasteiger partial charge is 0.361 e. The number of carbonyl (C=O) groups excluding carboxylic acids is 1. The zero-order valence-electron chi connectivity index (χ0n) is 12.5. The molecular formula is C16H24N2OS. The molecule has 1 N–H and O–H groups in total. The van der Waals surface area contributed by atoms with Crippen LogP contribution < -0.4 is 10.2 Å². The third kappa shape index (κ3) is 2.34. The predicted octanol–water partition coefficient (Wildman–Crippen LogP) is 3.50. The molecule has 1 aromatic rings. The maximum absolute atomic E-state index is 12.1. The van der Waals surface area contributed by atoms with Crippen molar-refractivity contribution in [3.63, 3.8) is 0 Å². The number of hydrogen-bond acceptors (Lipinski definition) is 3. The molecule has 2 aliphatic rings. The second-order valence-electron chi connectivity index (χ2n) is 5.91. The molecule has 0 saturated heterocycles. The average Bonchev–Trinajstić information content (AvgIpc) is 2.80. The van der Waals surface area contributed by atoms with Gasteiger partial charge in [0, 0.05) is 30.4 Å². The summed E-state index contributed by atoms with van der Waals surface area (Å²) in [5, 5.41) is 4.33. The van der Waals surface area contributed by atoms with Gasteiger partial charge >= 0.3 is 0 Å². The van der Waals surface area contributed by atoms with Crippen LogP contribution in [0.1, 0.15) is 59.8 Å². The van der Waals surface area contributed by atoms with Crippen LogP contribution in [0.15, 0.2) is 0 Å². The van der Waals surface area contributed by atoms with E-state index < -0.39 is 0 Å². The molecule has 3 rings (SSSR count). The number of nitrogens with zero attached hydrogens (tertiary/aromatic N) is 1. The number of amides is 1. The first-order chi connectivity index (χ1) is 9.72. The van der Waals surface area contributed by atoms with Gasteiger partial charge in [0.1, 0.15) is 0 Å². The Balaban J connectivity index is 1.93. The van der Waals surface area contributed by atoms with Crippen molar-refractivity contribution in [2.24, 2.45) is 0 Å². The summed E-state index contributed by atoms with van der Waals surface area (Å²) in [6, 6.07) is 0.676. The SMILES string of the molecule is CCN(c1sc2c(c1C)C(=O)NCC2)C1CCCCC1. The summed E-state index contributed by atoms with van der Waals surface area (Å²) in [5.41, 5.74) is 2.17. The molecule has 0 aromatic carbocycles. The summed E-state index contributed by atoms with van der Waals surface area (Å²) < 4.78 is 0. The minimum absolute atomic E-state index is 0.131. The van der Waals surface area contributed by atoms with Crippen LogP contribution in [0, 0.1) is 6.92 Å². The van der Waals surface area contributed by atoms with Crippen LogP contribution >= 0.6 is 11.3 Å². The fourth-order valence-electron chi connectivity index (χ4n) is 3.65. The molecule has 1 aliphatic heterocycles. The van der Waals surface area contributed by atoms with E-state index in [1.165, 1.54) is 47.5 Å². The van der Waals surface area contributed by atoms with Gasteiger partial charge in [-0.05, 0) is 32.3 Å². The molecule has 1 aromatic heterocycles. The van der Waals surface area contributed by atoms with E-state index in [1.807, 2.05) is 11.3 Å². The molecule has 1 saturated carbocycles. The van der Waals surface area contributed by atoms with Crippen molar-refractivity contribution in [2.75, 3.05) is 18.0 Å². The Kier molecular flexibility index (Phi) is 4.01.